The fourth-order valence-corrected chi connectivity index (χ4v) is 3.93. The molecule has 30 heavy (non-hydrogen) atoms. The molecule has 7 heteroatoms. The van der Waals surface area contributed by atoms with Crippen molar-refractivity contribution in [3.05, 3.63) is 71.7 Å². The Morgan fingerprint density at radius 3 is 2.67 bits per heavy atom. The van der Waals surface area contributed by atoms with Crippen LogP contribution in [0.15, 0.2) is 60.4 Å². The van der Waals surface area contributed by atoms with Crippen LogP contribution in [-0.2, 0) is 9.59 Å². The number of H-pyrrole nitrogens is 1. The second-order valence-corrected chi connectivity index (χ2v) is 7.65. The number of carbonyl (C=O) groups is 2. The summed E-state index contributed by atoms with van der Waals surface area (Å²) in [6.45, 7) is 1.18. The molecule has 3 heterocycles. The van der Waals surface area contributed by atoms with Gasteiger partial charge >= 0.3 is 0 Å². The Hall–Kier alpha value is -3.45. The third-order valence-electron chi connectivity index (χ3n) is 5.36. The summed E-state index contributed by atoms with van der Waals surface area (Å²) in [6.07, 6.45) is 3.99. The maximum atomic E-state index is 13.0. The average Bonchev–Trinajstić information content (AvgIpc) is 3.28. The first-order valence-corrected chi connectivity index (χ1v) is 9.89. The lowest BCUT2D eigenvalue weighted by Crippen LogP contribution is -2.32. The van der Waals surface area contributed by atoms with E-state index < -0.39 is 17.7 Å². The molecule has 7 nitrogen and oxygen atoms in total. The number of amides is 1. The lowest BCUT2D eigenvalue weighted by molar-refractivity contribution is -0.140. The van der Waals surface area contributed by atoms with Crippen molar-refractivity contribution in [2.45, 2.75) is 12.5 Å². The molecule has 1 fully saturated rings. The molecule has 0 saturated carbocycles. The number of aromatic nitrogens is 2. The van der Waals surface area contributed by atoms with Gasteiger partial charge < -0.3 is 19.9 Å². The third-order valence-corrected chi connectivity index (χ3v) is 5.36. The van der Waals surface area contributed by atoms with Crippen molar-refractivity contribution in [1.82, 2.24) is 19.8 Å². The zero-order valence-corrected chi connectivity index (χ0v) is 17.0. The van der Waals surface area contributed by atoms with E-state index in [0.717, 1.165) is 17.4 Å². The number of likely N-dealkylation sites (tertiary alicyclic amines) is 1. The second-order valence-electron chi connectivity index (χ2n) is 7.65. The summed E-state index contributed by atoms with van der Waals surface area (Å²) in [7, 11) is 3.92. The van der Waals surface area contributed by atoms with E-state index in [1.165, 1.54) is 4.90 Å². The maximum absolute atomic E-state index is 13.0. The SMILES string of the molecule is CN(C)CCCN1C(=O)C(=O)C(=C(O)c2c[nH]c3ccccc23)C1c1ccccn1. The minimum atomic E-state index is -0.720. The Bertz CT molecular complexity index is 1120. The van der Waals surface area contributed by atoms with E-state index in [-0.39, 0.29) is 11.3 Å². The highest BCUT2D eigenvalue weighted by atomic mass is 16.3. The van der Waals surface area contributed by atoms with Crippen LogP contribution in [0.2, 0.25) is 0 Å². The number of carbonyl (C=O) groups excluding carboxylic acids is 2. The van der Waals surface area contributed by atoms with Crippen LogP contribution in [0.1, 0.15) is 23.7 Å². The largest absolute Gasteiger partial charge is 0.507 e. The molecule has 1 aliphatic heterocycles. The molecule has 0 radical (unpaired) electrons. The molecule has 1 atom stereocenters. The fourth-order valence-electron chi connectivity index (χ4n) is 3.93. The van der Waals surface area contributed by atoms with Crippen molar-refractivity contribution in [2.24, 2.45) is 0 Å². The Labute approximate surface area is 174 Å². The van der Waals surface area contributed by atoms with Crippen LogP contribution < -0.4 is 0 Å². The van der Waals surface area contributed by atoms with Crippen molar-refractivity contribution in [2.75, 3.05) is 27.2 Å². The van der Waals surface area contributed by atoms with Gasteiger partial charge in [-0.05, 0) is 45.3 Å². The minimum Gasteiger partial charge on any atom is -0.507 e. The van der Waals surface area contributed by atoms with Gasteiger partial charge in [0.05, 0.1) is 11.3 Å². The minimum absolute atomic E-state index is 0.0771. The Balaban J connectivity index is 1.83. The van der Waals surface area contributed by atoms with E-state index in [0.29, 0.717) is 24.2 Å². The van der Waals surface area contributed by atoms with E-state index in [1.54, 1.807) is 24.5 Å². The number of pyridine rings is 1. The number of nitrogens with one attached hydrogen (secondary N) is 1. The summed E-state index contributed by atoms with van der Waals surface area (Å²) in [4.78, 5) is 37.0. The molecule has 0 bridgehead atoms. The summed E-state index contributed by atoms with van der Waals surface area (Å²) < 4.78 is 0. The number of Topliss-reactive ketones (excluding diaryl/α,β-unsaturated/α-hetero) is 1. The number of benzene rings is 1. The van der Waals surface area contributed by atoms with Crippen LogP contribution in [0.4, 0.5) is 0 Å². The normalized spacial score (nSPS) is 18.6. The van der Waals surface area contributed by atoms with Crippen molar-refractivity contribution in [3.63, 3.8) is 0 Å². The molecule has 4 rings (SSSR count). The monoisotopic (exact) mass is 404 g/mol. The predicted octanol–water partition coefficient (Wildman–Crippen LogP) is 2.94. The van der Waals surface area contributed by atoms with Gasteiger partial charge in [-0.2, -0.15) is 0 Å². The number of hydrogen-bond donors (Lipinski definition) is 2. The number of aliphatic hydroxyl groups is 1. The fraction of sp³-hybridized carbons (Fsp3) is 0.261. The molecular weight excluding hydrogens is 380 g/mol. The number of aromatic amines is 1. The number of ketones is 1. The summed E-state index contributed by atoms with van der Waals surface area (Å²) in [5, 5.41) is 12.0. The highest BCUT2D eigenvalue weighted by Gasteiger charge is 2.46. The van der Waals surface area contributed by atoms with Crippen LogP contribution >= 0.6 is 0 Å². The number of rotatable bonds is 6. The molecule has 1 aliphatic rings. The molecular formula is C23H24N4O3. The van der Waals surface area contributed by atoms with E-state index in [9.17, 15) is 14.7 Å². The summed E-state index contributed by atoms with van der Waals surface area (Å²) in [6, 6.07) is 12.2. The van der Waals surface area contributed by atoms with Gasteiger partial charge in [-0.25, -0.2) is 0 Å². The van der Waals surface area contributed by atoms with Gasteiger partial charge in [0.1, 0.15) is 11.8 Å². The average molecular weight is 404 g/mol. The number of hydrogen-bond acceptors (Lipinski definition) is 5. The maximum Gasteiger partial charge on any atom is 0.295 e. The zero-order valence-electron chi connectivity index (χ0n) is 17.0. The van der Waals surface area contributed by atoms with Crippen molar-refractivity contribution in [3.8, 4) is 0 Å². The molecule has 2 N–H and O–H groups in total. The molecule has 0 spiro atoms. The Morgan fingerprint density at radius 2 is 1.93 bits per heavy atom. The first-order chi connectivity index (χ1) is 14.5. The first kappa shape index (κ1) is 19.8. The van der Waals surface area contributed by atoms with Crippen LogP contribution in [0.5, 0.6) is 0 Å². The highest BCUT2D eigenvalue weighted by molar-refractivity contribution is 6.46. The number of aliphatic hydroxyl groups excluding tert-OH is 1. The molecule has 1 unspecified atom stereocenters. The van der Waals surface area contributed by atoms with Gasteiger partial charge in [0, 0.05) is 35.4 Å². The topological polar surface area (TPSA) is 89.5 Å². The van der Waals surface area contributed by atoms with Gasteiger partial charge in [0.15, 0.2) is 0 Å². The van der Waals surface area contributed by atoms with Gasteiger partial charge in [0.25, 0.3) is 11.7 Å². The lowest BCUT2D eigenvalue weighted by atomic mass is 9.98. The quantitative estimate of drug-likeness (QED) is 0.375. The van der Waals surface area contributed by atoms with E-state index in [2.05, 4.69) is 9.97 Å². The van der Waals surface area contributed by atoms with Gasteiger partial charge in [-0.15, -0.1) is 0 Å². The van der Waals surface area contributed by atoms with E-state index in [1.807, 2.05) is 49.3 Å². The molecule has 1 aromatic carbocycles. The lowest BCUT2D eigenvalue weighted by Gasteiger charge is -2.25. The molecule has 1 amide bonds. The molecule has 1 saturated heterocycles. The second kappa shape index (κ2) is 8.12. The van der Waals surface area contributed by atoms with Gasteiger partial charge in [-0.1, -0.05) is 24.3 Å². The van der Waals surface area contributed by atoms with E-state index in [4.69, 9.17) is 0 Å². The van der Waals surface area contributed by atoms with Crippen LogP contribution in [0.3, 0.4) is 0 Å². The zero-order chi connectivity index (χ0) is 21.3. The number of fused-ring (bicyclic) bond motifs is 1. The van der Waals surface area contributed by atoms with Crippen LogP contribution in [-0.4, -0.2) is 63.7 Å². The molecule has 2 aromatic heterocycles. The standard InChI is InChI=1S/C23H24N4O3/c1-26(2)12-7-13-27-20(18-10-5-6-11-24-18)19(22(29)23(27)30)21(28)16-14-25-17-9-4-3-8-15(16)17/h3-6,8-11,14,20,25,28H,7,12-13H2,1-2H3. The Morgan fingerprint density at radius 1 is 1.17 bits per heavy atom. The number of para-hydroxylation sites is 1. The number of nitrogens with zero attached hydrogens (tertiary/aromatic N) is 3. The predicted molar refractivity (Wildman–Crippen MR) is 115 cm³/mol. The third kappa shape index (κ3) is 3.48. The van der Waals surface area contributed by atoms with Crippen molar-refractivity contribution >= 4 is 28.4 Å². The Kier molecular flexibility index (Phi) is 5.37. The first-order valence-electron chi connectivity index (χ1n) is 9.89. The molecule has 0 aliphatic carbocycles. The highest BCUT2D eigenvalue weighted by Crippen LogP contribution is 2.39. The molecule has 3 aromatic rings. The van der Waals surface area contributed by atoms with Gasteiger partial charge in [0.2, 0.25) is 0 Å². The van der Waals surface area contributed by atoms with Crippen LogP contribution in [0.25, 0.3) is 16.7 Å². The van der Waals surface area contributed by atoms with Gasteiger partial charge in [-0.3, -0.25) is 14.6 Å². The summed E-state index contributed by atoms with van der Waals surface area (Å²) >= 11 is 0. The van der Waals surface area contributed by atoms with Crippen molar-refractivity contribution < 1.29 is 14.7 Å². The summed E-state index contributed by atoms with van der Waals surface area (Å²) in [5.41, 5.74) is 1.97. The smallest absolute Gasteiger partial charge is 0.295 e. The van der Waals surface area contributed by atoms with Crippen molar-refractivity contribution in [1.29, 1.82) is 0 Å². The molecule has 154 valence electrons. The van der Waals surface area contributed by atoms with Crippen LogP contribution in [0, 0.1) is 0 Å². The summed E-state index contributed by atoms with van der Waals surface area (Å²) in [5.74, 6) is -1.47. The van der Waals surface area contributed by atoms with E-state index >= 15 is 0 Å².